The monoisotopic (exact) mass is 611 g/mol. The smallest absolute Gasteiger partial charge is 0.264 e. The fourth-order valence-corrected chi connectivity index (χ4v) is 6.28. The Hall–Kier alpha value is -4.25. The molecule has 43 heavy (non-hydrogen) atoms. The highest BCUT2D eigenvalue weighted by molar-refractivity contribution is 7.92. The summed E-state index contributed by atoms with van der Waals surface area (Å²) in [5, 5.41) is 2.80. The van der Waals surface area contributed by atoms with Gasteiger partial charge in [-0.15, -0.1) is 0 Å². The second kappa shape index (κ2) is 14.8. The average molecular weight is 612 g/mol. The average Bonchev–Trinajstić information content (AvgIpc) is 2.99. The fraction of sp³-hybridized carbons (Fsp3) is 0.375. The van der Waals surface area contributed by atoms with Crippen molar-refractivity contribution in [2.45, 2.75) is 51.6 Å². The molecule has 0 aliphatic heterocycles. The van der Waals surface area contributed by atoms with Crippen LogP contribution in [0.2, 0.25) is 0 Å². The molecule has 0 aromatic heterocycles. The minimum absolute atomic E-state index is 0.0745. The highest BCUT2D eigenvalue weighted by Gasteiger charge is 2.34. The quantitative estimate of drug-likeness (QED) is 0.286. The summed E-state index contributed by atoms with van der Waals surface area (Å²) in [6.45, 7) is 7.28. The maximum atomic E-state index is 14.3. The van der Waals surface area contributed by atoms with Crippen molar-refractivity contribution in [2.75, 3.05) is 38.7 Å². The van der Waals surface area contributed by atoms with Crippen LogP contribution in [0.15, 0.2) is 65.6 Å². The molecule has 3 aromatic rings. The summed E-state index contributed by atoms with van der Waals surface area (Å²) in [5.74, 6) is 0.414. The number of hydrogen-bond acceptors (Lipinski definition) is 7. The summed E-state index contributed by atoms with van der Waals surface area (Å²) in [7, 11) is 0.158. The van der Waals surface area contributed by atoms with Gasteiger partial charge in [0.05, 0.1) is 31.9 Å². The van der Waals surface area contributed by atoms with Gasteiger partial charge in [-0.3, -0.25) is 13.9 Å². The summed E-state index contributed by atoms with van der Waals surface area (Å²) < 4.78 is 45.5. The number of rotatable bonds is 14. The van der Waals surface area contributed by atoms with Gasteiger partial charge in [0.25, 0.3) is 10.0 Å². The fourth-order valence-electron chi connectivity index (χ4n) is 4.87. The molecule has 0 spiro atoms. The van der Waals surface area contributed by atoms with E-state index in [0.29, 0.717) is 30.2 Å². The Labute approximate surface area is 254 Å². The molecular weight excluding hydrogens is 570 g/mol. The third-order valence-electron chi connectivity index (χ3n) is 6.97. The summed E-state index contributed by atoms with van der Waals surface area (Å²) in [4.78, 5) is 28.7. The Morgan fingerprint density at radius 3 is 2.00 bits per heavy atom. The van der Waals surface area contributed by atoms with Crippen LogP contribution in [0.1, 0.15) is 37.0 Å². The number of carbonyl (C=O) groups excluding carboxylic acids is 2. The number of amides is 2. The predicted octanol–water partition coefficient (Wildman–Crippen LogP) is 4.47. The van der Waals surface area contributed by atoms with Gasteiger partial charge in [-0.25, -0.2) is 8.42 Å². The molecule has 3 aromatic carbocycles. The van der Waals surface area contributed by atoms with Crippen molar-refractivity contribution in [3.63, 3.8) is 0 Å². The SMILES string of the molecule is CCNC(=O)[C@H](CC)N(Cc1ccc(OC)cc1)C(=O)CN(c1cc(C)cc(C)c1)S(=O)(=O)c1ccc(OC)c(OC)c1. The summed E-state index contributed by atoms with van der Waals surface area (Å²) in [6, 6.07) is 16.0. The van der Waals surface area contributed by atoms with Crippen molar-refractivity contribution in [1.82, 2.24) is 10.2 Å². The molecular formula is C32H41N3O7S. The van der Waals surface area contributed by atoms with Crippen molar-refractivity contribution in [3.05, 3.63) is 77.4 Å². The number of nitrogens with zero attached hydrogens (tertiary/aromatic N) is 2. The largest absolute Gasteiger partial charge is 0.497 e. The minimum atomic E-state index is -4.29. The number of aryl methyl sites for hydroxylation is 2. The number of likely N-dealkylation sites (N-methyl/N-ethyl adjacent to an activating group) is 1. The number of sulfonamides is 1. The van der Waals surface area contributed by atoms with Crippen LogP contribution >= 0.6 is 0 Å². The minimum Gasteiger partial charge on any atom is -0.497 e. The molecule has 0 radical (unpaired) electrons. The van der Waals surface area contributed by atoms with E-state index in [2.05, 4.69) is 5.32 Å². The molecule has 0 unspecified atom stereocenters. The highest BCUT2D eigenvalue weighted by atomic mass is 32.2. The second-order valence-electron chi connectivity index (χ2n) is 10.1. The Kier molecular flexibility index (Phi) is 11.4. The van der Waals surface area contributed by atoms with Gasteiger partial charge in [-0.05, 0) is 80.3 Å². The van der Waals surface area contributed by atoms with E-state index in [1.54, 1.807) is 38.3 Å². The maximum absolute atomic E-state index is 14.3. The number of benzene rings is 3. The van der Waals surface area contributed by atoms with Crippen LogP contribution in [0, 0.1) is 13.8 Å². The van der Waals surface area contributed by atoms with Crippen LogP contribution in [-0.4, -0.2) is 65.6 Å². The van der Waals surface area contributed by atoms with Crippen molar-refractivity contribution < 1.29 is 32.2 Å². The van der Waals surface area contributed by atoms with E-state index in [9.17, 15) is 18.0 Å². The zero-order valence-corrected chi connectivity index (χ0v) is 26.7. The van der Waals surface area contributed by atoms with E-state index in [4.69, 9.17) is 14.2 Å². The van der Waals surface area contributed by atoms with Gasteiger partial charge in [0.1, 0.15) is 18.3 Å². The summed E-state index contributed by atoms with van der Waals surface area (Å²) in [5.41, 5.74) is 2.76. The normalized spacial score (nSPS) is 11.8. The molecule has 10 nitrogen and oxygen atoms in total. The van der Waals surface area contributed by atoms with E-state index in [-0.39, 0.29) is 23.1 Å². The number of carbonyl (C=O) groups is 2. The first-order valence-electron chi connectivity index (χ1n) is 14.0. The highest BCUT2D eigenvalue weighted by Crippen LogP contribution is 2.33. The van der Waals surface area contributed by atoms with E-state index in [1.165, 1.54) is 37.3 Å². The Balaban J connectivity index is 2.13. The van der Waals surface area contributed by atoms with Crippen molar-refractivity contribution >= 4 is 27.5 Å². The molecule has 0 aliphatic carbocycles. The van der Waals surface area contributed by atoms with Crippen LogP contribution in [0.5, 0.6) is 17.2 Å². The Bertz CT molecular complexity index is 1500. The van der Waals surface area contributed by atoms with Crippen molar-refractivity contribution in [3.8, 4) is 17.2 Å². The van der Waals surface area contributed by atoms with Crippen molar-refractivity contribution in [2.24, 2.45) is 0 Å². The van der Waals surface area contributed by atoms with Crippen LogP contribution in [0.25, 0.3) is 0 Å². The maximum Gasteiger partial charge on any atom is 0.264 e. The molecule has 0 saturated heterocycles. The number of ether oxygens (including phenoxy) is 3. The van der Waals surface area contributed by atoms with Crippen molar-refractivity contribution in [1.29, 1.82) is 0 Å². The Morgan fingerprint density at radius 1 is 0.837 bits per heavy atom. The number of hydrogen-bond donors (Lipinski definition) is 1. The van der Waals surface area contributed by atoms with Gasteiger partial charge in [-0.1, -0.05) is 25.1 Å². The molecule has 1 atom stereocenters. The molecule has 0 saturated carbocycles. The molecule has 3 rings (SSSR count). The summed E-state index contributed by atoms with van der Waals surface area (Å²) in [6.07, 6.45) is 0.333. The van der Waals surface area contributed by atoms with Crippen LogP contribution in [0.4, 0.5) is 5.69 Å². The molecule has 0 aliphatic rings. The Morgan fingerprint density at radius 2 is 1.47 bits per heavy atom. The van der Waals surface area contributed by atoms with Crippen LogP contribution in [-0.2, 0) is 26.2 Å². The third kappa shape index (κ3) is 7.98. The van der Waals surface area contributed by atoms with Gasteiger partial charge in [-0.2, -0.15) is 0 Å². The van der Waals surface area contributed by atoms with E-state index < -0.39 is 28.5 Å². The zero-order chi connectivity index (χ0) is 31.7. The number of methoxy groups -OCH3 is 3. The molecule has 11 heteroatoms. The van der Waals surface area contributed by atoms with E-state index >= 15 is 0 Å². The van der Waals surface area contributed by atoms with Gasteiger partial charge < -0.3 is 24.4 Å². The van der Waals surface area contributed by atoms with E-state index in [0.717, 1.165) is 21.0 Å². The predicted molar refractivity (Wildman–Crippen MR) is 166 cm³/mol. The first-order valence-corrected chi connectivity index (χ1v) is 15.5. The van der Waals surface area contributed by atoms with Crippen LogP contribution < -0.4 is 23.8 Å². The zero-order valence-electron chi connectivity index (χ0n) is 25.8. The molecule has 0 fully saturated rings. The molecule has 0 bridgehead atoms. The van der Waals surface area contributed by atoms with Gasteiger partial charge >= 0.3 is 0 Å². The van der Waals surface area contributed by atoms with Gasteiger partial charge in [0.15, 0.2) is 11.5 Å². The number of anilines is 1. The van der Waals surface area contributed by atoms with Crippen LogP contribution in [0.3, 0.4) is 0 Å². The second-order valence-corrected chi connectivity index (χ2v) is 11.9. The first kappa shape index (κ1) is 33.3. The first-order chi connectivity index (χ1) is 20.5. The lowest BCUT2D eigenvalue weighted by Crippen LogP contribution is -2.52. The van der Waals surface area contributed by atoms with Gasteiger partial charge in [0.2, 0.25) is 11.8 Å². The lowest BCUT2D eigenvalue weighted by molar-refractivity contribution is -0.140. The standard InChI is InChI=1S/C32H41N3O7S/c1-8-28(32(37)33-9-2)34(20-24-10-12-26(40-5)13-11-24)31(36)21-35(25-17-22(3)16-23(4)18-25)43(38,39)27-14-15-29(41-6)30(19-27)42-7/h10-19,28H,8-9,20-21H2,1-7H3,(H,33,37)/t28-/m0/s1. The topological polar surface area (TPSA) is 114 Å². The van der Waals surface area contributed by atoms with E-state index in [1.807, 2.05) is 39.0 Å². The molecule has 232 valence electrons. The lowest BCUT2D eigenvalue weighted by atomic mass is 10.1. The third-order valence-corrected chi connectivity index (χ3v) is 8.74. The molecule has 0 heterocycles. The summed E-state index contributed by atoms with van der Waals surface area (Å²) >= 11 is 0. The van der Waals surface area contributed by atoms with Gasteiger partial charge in [0, 0.05) is 19.2 Å². The molecule has 2 amide bonds. The molecule has 1 N–H and O–H groups in total. The number of nitrogens with one attached hydrogen (secondary N) is 1. The lowest BCUT2D eigenvalue weighted by Gasteiger charge is -2.33.